The lowest BCUT2D eigenvalue weighted by Gasteiger charge is -2.36. The number of halogens is 1. The van der Waals surface area contributed by atoms with Crippen molar-refractivity contribution >= 4 is 11.6 Å². The van der Waals surface area contributed by atoms with Crippen LogP contribution in [0.15, 0.2) is 22.7 Å². The SMILES string of the molecule is Cc1noc(C)c1CC(=O)N1CCN(c2ccc(C#N)cc2F)CC1. The Kier molecular flexibility index (Phi) is 4.70. The van der Waals surface area contributed by atoms with Crippen LogP contribution in [-0.2, 0) is 11.2 Å². The summed E-state index contributed by atoms with van der Waals surface area (Å²) >= 11 is 0. The molecule has 7 heteroatoms. The highest BCUT2D eigenvalue weighted by Crippen LogP contribution is 2.22. The molecular formula is C18H19FN4O2. The van der Waals surface area contributed by atoms with Crippen molar-refractivity contribution < 1.29 is 13.7 Å². The van der Waals surface area contributed by atoms with Gasteiger partial charge in [-0.15, -0.1) is 0 Å². The van der Waals surface area contributed by atoms with Gasteiger partial charge in [0.05, 0.1) is 29.4 Å². The molecule has 0 aliphatic carbocycles. The number of piperazine rings is 1. The highest BCUT2D eigenvalue weighted by atomic mass is 19.1. The summed E-state index contributed by atoms with van der Waals surface area (Å²) in [5.74, 6) is 0.285. The second kappa shape index (κ2) is 6.93. The minimum absolute atomic E-state index is 0.0225. The van der Waals surface area contributed by atoms with E-state index >= 15 is 0 Å². The molecule has 1 aromatic carbocycles. The summed E-state index contributed by atoms with van der Waals surface area (Å²) in [6.07, 6.45) is 0.270. The molecule has 0 unspecified atom stereocenters. The Bertz CT molecular complexity index is 813. The molecule has 1 fully saturated rings. The van der Waals surface area contributed by atoms with E-state index in [0.717, 1.165) is 11.3 Å². The number of amides is 1. The van der Waals surface area contributed by atoms with E-state index in [4.69, 9.17) is 9.78 Å². The van der Waals surface area contributed by atoms with E-state index in [1.807, 2.05) is 17.9 Å². The average Bonchev–Trinajstić information content (AvgIpc) is 2.93. The number of hydrogen-bond acceptors (Lipinski definition) is 5. The molecule has 0 radical (unpaired) electrons. The average molecular weight is 342 g/mol. The first-order valence-corrected chi connectivity index (χ1v) is 8.13. The van der Waals surface area contributed by atoms with Crippen LogP contribution in [-0.4, -0.2) is 42.1 Å². The summed E-state index contributed by atoms with van der Waals surface area (Å²) in [6.45, 7) is 5.79. The Morgan fingerprint density at radius 3 is 2.60 bits per heavy atom. The maximum Gasteiger partial charge on any atom is 0.227 e. The topological polar surface area (TPSA) is 73.4 Å². The molecule has 1 amide bonds. The molecule has 0 bridgehead atoms. The quantitative estimate of drug-likeness (QED) is 0.855. The third-order valence-corrected chi connectivity index (χ3v) is 4.56. The largest absolute Gasteiger partial charge is 0.366 e. The Morgan fingerprint density at radius 1 is 1.32 bits per heavy atom. The van der Waals surface area contributed by atoms with Crippen molar-refractivity contribution in [2.45, 2.75) is 20.3 Å². The van der Waals surface area contributed by atoms with Gasteiger partial charge in [0, 0.05) is 31.7 Å². The van der Waals surface area contributed by atoms with Gasteiger partial charge in [-0.25, -0.2) is 4.39 Å². The first-order chi connectivity index (χ1) is 12.0. The van der Waals surface area contributed by atoms with Crippen molar-refractivity contribution in [3.05, 3.63) is 46.6 Å². The van der Waals surface area contributed by atoms with E-state index in [0.29, 0.717) is 43.2 Å². The fourth-order valence-corrected chi connectivity index (χ4v) is 3.05. The summed E-state index contributed by atoms with van der Waals surface area (Å²) in [5, 5.41) is 12.7. The number of nitriles is 1. The zero-order valence-electron chi connectivity index (χ0n) is 14.3. The predicted molar refractivity (Wildman–Crippen MR) is 89.6 cm³/mol. The molecule has 1 saturated heterocycles. The van der Waals surface area contributed by atoms with Crippen LogP contribution < -0.4 is 4.90 Å². The molecule has 0 saturated carbocycles. The standard InChI is InChI=1S/C18H19FN4O2/c1-12-15(13(2)25-21-12)10-18(24)23-7-5-22(6-8-23)17-4-3-14(11-20)9-16(17)19/h3-4,9H,5-8,10H2,1-2H3. The Morgan fingerprint density at radius 2 is 2.04 bits per heavy atom. The molecule has 0 atom stereocenters. The lowest BCUT2D eigenvalue weighted by Crippen LogP contribution is -2.49. The molecule has 6 nitrogen and oxygen atoms in total. The van der Waals surface area contributed by atoms with Crippen LogP contribution in [0, 0.1) is 31.0 Å². The van der Waals surface area contributed by atoms with Gasteiger partial charge in [0.1, 0.15) is 11.6 Å². The summed E-state index contributed by atoms with van der Waals surface area (Å²) in [5.41, 5.74) is 2.35. The van der Waals surface area contributed by atoms with Gasteiger partial charge in [0.15, 0.2) is 0 Å². The van der Waals surface area contributed by atoms with Gasteiger partial charge >= 0.3 is 0 Å². The van der Waals surface area contributed by atoms with Gasteiger partial charge in [-0.3, -0.25) is 4.79 Å². The molecule has 130 valence electrons. The van der Waals surface area contributed by atoms with Crippen LogP contribution in [0.4, 0.5) is 10.1 Å². The number of carbonyl (C=O) groups is 1. The molecule has 0 N–H and O–H groups in total. The molecule has 25 heavy (non-hydrogen) atoms. The minimum atomic E-state index is -0.408. The third-order valence-electron chi connectivity index (χ3n) is 4.56. The van der Waals surface area contributed by atoms with Crippen molar-refractivity contribution in [2.24, 2.45) is 0 Å². The van der Waals surface area contributed by atoms with E-state index in [9.17, 15) is 9.18 Å². The van der Waals surface area contributed by atoms with E-state index in [1.165, 1.54) is 6.07 Å². The van der Waals surface area contributed by atoms with E-state index in [-0.39, 0.29) is 12.3 Å². The monoisotopic (exact) mass is 342 g/mol. The van der Waals surface area contributed by atoms with Crippen molar-refractivity contribution in [3.8, 4) is 6.07 Å². The fourth-order valence-electron chi connectivity index (χ4n) is 3.05. The van der Waals surface area contributed by atoms with Crippen LogP contribution >= 0.6 is 0 Å². The zero-order valence-corrected chi connectivity index (χ0v) is 14.3. The number of carbonyl (C=O) groups excluding carboxylic acids is 1. The number of aryl methyl sites for hydroxylation is 2. The van der Waals surface area contributed by atoms with Crippen molar-refractivity contribution in [1.29, 1.82) is 5.26 Å². The minimum Gasteiger partial charge on any atom is -0.366 e. The number of rotatable bonds is 3. The maximum atomic E-state index is 14.1. The van der Waals surface area contributed by atoms with Crippen LogP contribution in [0.1, 0.15) is 22.6 Å². The summed E-state index contributed by atoms with van der Waals surface area (Å²) in [7, 11) is 0. The Labute approximate surface area is 145 Å². The first kappa shape index (κ1) is 17.0. The van der Waals surface area contributed by atoms with E-state index in [2.05, 4.69) is 5.16 Å². The zero-order chi connectivity index (χ0) is 18.0. The Balaban J connectivity index is 1.62. The number of benzene rings is 1. The van der Waals surface area contributed by atoms with Crippen molar-refractivity contribution in [2.75, 3.05) is 31.1 Å². The van der Waals surface area contributed by atoms with Crippen LogP contribution in [0.5, 0.6) is 0 Å². The highest BCUT2D eigenvalue weighted by molar-refractivity contribution is 5.79. The van der Waals surface area contributed by atoms with Gasteiger partial charge in [0.2, 0.25) is 5.91 Å². The van der Waals surface area contributed by atoms with Gasteiger partial charge in [0.25, 0.3) is 0 Å². The van der Waals surface area contributed by atoms with Crippen LogP contribution in [0.25, 0.3) is 0 Å². The Hall–Kier alpha value is -2.88. The lowest BCUT2D eigenvalue weighted by molar-refractivity contribution is -0.130. The fraction of sp³-hybridized carbons (Fsp3) is 0.389. The van der Waals surface area contributed by atoms with Gasteiger partial charge < -0.3 is 14.3 Å². The van der Waals surface area contributed by atoms with Gasteiger partial charge in [-0.1, -0.05) is 5.16 Å². The molecule has 1 aliphatic heterocycles. The molecule has 3 rings (SSSR count). The summed E-state index contributed by atoms with van der Waals surface area (Å²) in [6, 6.07) is 6.39. The second-order valence-corrected chi connectivity index (χ2v) is 6.13. The number of aromatic nitrogens is 1. The second-order valence-electron chi connectivity index (χ2n) is 6.13. The van der Waals surface area contributed by atoms with Gasteiger partial charge in [-0.2, -0.15) is 5.26 Å². The van der Waals surface area contributed by atoms with Crippen molar-refractivity contribution in [3.63, 3.8) is 0 Å². The summed E-state index contributed by atoms with van der Waals surface area (Å²) in [4.78, 5) is 16.2. The van der Waals surface area contributed by atoms with E-state index < -0.39 is 5.82 Å². The molecule has 2 aromatic rings. The molecule has 2 heterocycles. The number of nitrogens with zero attached hydrogens (tertiary/aromatic N) is 4. The predicted octanol–water partition coefficient (Wildman–Crippen LogP) is 2.19. The van der Waals surface area contributed by atoms with Crippen LogP contribution in [0.3, 0.4) is 0 Å². The molecule has 0 spiro atoms. The van der Waals surface area contributed by atoms with E-state index in [1.54, 1.807) is 24.0 Å². The normalized spacial score (nSPS) is 14.5. The van der Waals surface area contributed by atoms with Crippen LogP contribution in [0.2, 0.25) is 0 Å². The number of anilines is 1. The highest BCUT2D eigenvalue weighted by Gasteiger charge is 2.24. The molecular weight excluding hydrogens is 323 g/mol. The first-order valence-electron chi connectivity index (χ1n) is 8.13. The summed E-state index contributed by atoms with van der Waals surface area (Å²) < 4.78 is 19.2. The third kappa shape index (κ3) is 3.48. The number of hydrogen-bond donors (Lipinski definition) is 0. The molecule has 1 aliphatic rings. The smallest absolute Gasteiger partial charge is 0.227 e. The van der Waals surface area contributed by atoms with Gasteiger partial charge in [-0.05, 0) is 32.0 Å². The van der Waals surface area contributed by atoms with Crippen molar-refractivity contribution in [1.82, 2.24) is 10.1 Å². The molecule has 1 aromatic heterocycles. The lowest BCUT2D eigenvalue weighted by atomic mass is 10.1. The maximum absolute atomic E-state index is 14.1.